The highest BCUT2D eigenvalue weighted by Crippen LogP contribution is 2.18. The van der Waals surface area contributed by atoms with Crippen LogP contribution in [0.4, 0.5) is 16.4 Å². The van der Waals surface area contributed by atoms with E-state index in [-0.39, 0.29) is 12.1 Å². The summed E-state index contributed by atoms with van der Waals surface area (Å²) < 4.78 is 5.26. The number of nitrogens with one attached hydrogen (secondary N) is 3. The van der Waals surface area contributed by atoms with E-state index in [1.165, 1.54) is 0 Å². The highest BCUT2D eigenvalue weighted by molar-refractivity contribution is 5.89. The van der Waals surface area contributed by atoms with E-state index < -0.39 is 0 Å². The van der Waals surface area contributed by atoms with Crippen LogP contribution in [0, 0.1) is 0 Å². The maximum absolute atomic E-state index is 11.7. The summed E-state index contributed by atoms with van der Waals surface area (Å²) in [5, 5.41) is 12.6. The lowest BCUT2D eigenvalue weighted by Gasteiger charge is -2.10. The molecule has 0 saturated carbocycles. The van der Waals surface area contributed by atoms with Crippen molar-refractivity contribution >= 4 is 17.7 Å². The lowest BCUT2D eigenvalue weighted by molar-refractivity contribution is 0.250. The van der Waals surface area contributed by atoms with E-state index in [0.29, 0.717) is 18.4 Å². The summed E-state index contributed by atoms with van der Waals surface area (Å²) in [4.78, 5) is 16.0. The van der Waals surface area contributed by atoms with Gasteiger partial charge >= 0.3 is 6.03 Å². The van der Waals surface area contributed by atoms with Crippen molar-refractivity contribution in [3.8, 4) is 11.5 Å². The van der Waals surface area contributed by atoms with Crippen molar-refractivity contribution in [1.82, 2.24) is 15.5 Å². The molecule has 0 atom stereocenters. The number of aromatic nitrogens is 2. The van der Waals surface area contributed by atoms with E-state index >= 15 is 0 Å². The van der Waals surface area contributed by atoms with E-state index in [9.17, 15) is 4.79 Å². The monoisotopic (exact) mass is 351 g/mol. The molecule has 0 unspecified atom stereocenters. The van der Waals surface area contributed by atoms with Crippen LogP contribution in [0.1, 0.15) is 19.4 Å². The molecule has 0 aliphatic carbocycles. The number of hydrogen-bond donors (Lipinski definition) is 3. The van der Waals surface area contributed by atoms with Gasteiger partial charge in [0.2, 0.25) is 0 Å². The lowest BCUT2D eigenvalue weighted by atomic mass is 10.2. The second-order valence-corrected chi connectivity index (χ2v) is 6.09. The van der Waals surface area contributed by atoms with Gasteiger partial charge in [-0.1, -0.05) is 30.3 Å². The van der Waals surface area contributed by atoms with Crippen molar-refractivity contribution in [2.45, 2.75) is 26.4 Å². The number of benzene rings is 2. The van der Waals surface area contributed by atoms with Crippen LogP contribution in [-0.2, 0) is 6.54 Å². The largest absolute Gasteiger partial charge is 0.347 e. The van der Waals surface area contributed by atoms with E-state index in [0.717, 1.165) is 16.8 Å². The van der Waals surface area contributed by atoms with Gasteiger partial charge < -0.3 is 20.5 Å². The molecular formula is C19H21N5O2. The van der Waals surface area contributed by atoms with E-state index in [1.807, 2.05) is 68.4 Å². The topological polar surface area (TPSA) is 92.1 Å². The zero-order valence-electron chi connectivity index (χ0n) is 14.7. The van der Waals surface area contributed by atoms with Crippen molar-refractivity contribution in [3.63, 3.8) is 0 Å². The van der Waals surface area contributed by atoms with Gasteiger partial charge in [-0.05, 0) is 48.8 Å². The Bertz CT molecular complexity index is 844. The van der Waals surface area contributed by atoms with Gasteiger partial charge in [0.05, 0.1) is 0 Å². The Balaban J connectivity index is 1.54. The third kappa shape index (κ3) is 4.83. The fraction of sp³-hybridized carbons (Fsp3) is 0.211. The Morgan fingerprint density at radius 1 is 1.08 bits per heavy atom. The van der Waals surface area contributed by atoms with Gasteiger partial charge in [-0.2, -0.15) is 4.98 Å². The molecule has 7 nitrogen and oxygen atoms in total. The van der Waals surface area contributed by atoms with Gasteiger partial charge in [-0.25, -0.2) is 4.79 Å². The molecular weight excluding hydrogens is 330 g/mol. The maximum atomic E-state index is 11.7. The summed E-state index contributed by atoms with van der Waals surface area (Å²) in [6.45, 7) is 4.37. The van der Waals surface area contributed by atoms with Crippen molar-refractivity contribution < 1.29 is 9.32 Å². The Hall–Kier alpha value is -3.35. The molecule has 134 valence electrons. The van der Waals surface area contributed by atoms with Crippen LogP contribution in [0.2, 0.25) is 0 Å². The summed E-state index contributed by atoms with van der Waals surface area (Å²) in [7, 11) is 0. The van der Waals surface area contributed by atoms with Crippen molar-refractivity contribution in [2.75, 3.05) is 10.6 Å². The Morgan fingerprint density at radius 3 is 2.50 bits per heavy atom. The molecule has 3 rings (SSSR count). The predicted molar refractivity (Wildman–Crippen MR) is 101 cm³/mol. The quantitative estimate of drug-likeness (QED) is 0.627. The number of nitrogens with zero attached hydrogens (tertiary/aromatic N) is 2. The van der Waals surface area contributed by atoms with Crippen LogP contribution in [-0.4, -0.2) is 22.2 Å². The SMILES string of the molecule is CC(C)NC(=O)Nc1ccc(CNc2noc(-c3ccccc3)n2)cc1. The van der Waals surface area contributed by atoms with Crippen LogP contribution in [0.3, 0.4) is 0 Å². The molecule has 0 saturated heterocycles. The van der Waals surface area contributed by atoms with Crippen molar-refractivity contribution in [3.05, 3.63) is 60.2 Å². The minimum Gasteiger partial charge on any atom is -0.347 e. The number of hydrogen-bond acceptors (Lipinski definition) is 5. The molecule has 0 radical (unpaired) electrons. The molecule has 0 spiro atoms. The van der Waals surface area contributed by atoms with Crippen molar-refractivity contribution in [2.24, 2.45) is 0 Å². The first-order valence-corrected chi connectivity index (χ1v) is 8.39. The second kappa shape index (κ2) is 8.15. The summed E-state index contributed by atoms with van der Waals surface area (Å²) in [6.07, 6.45) is 0. The molecule has 0 bridgehead atoms. The molecule has 3 N–H and O–H groups in total. The van der Waals surface area contributed by atoms with Crippen LogP contribution < -0.4 is 16.0 Å². The number of amides is 2. The van der Waals surface area contributed by atoms with Gasteiger partial charge in [-0.15, -0.1) is 0 Å². The first kappa shape index (κ1) is 17.5. The summed E-state index contributed by atoms with van der Waals surface area (Å²) in [5.74, 6) is 0.908. The minimum absolute atomic E-state index is 0.0919. The standard InChI is InChI=1S/C19H21N5O2/c1-13(2)21-19(25)22-16-10-8-14(9-11-16)12-20-18-23-17(26-24-18)15-6-4-3-5-7-15/h3-11,13H,12H2,1-2H3,(H,20,24)(H2,21,22,25). The first-order valence-electron chi connectivity index (χ1n) is 8.39. The number of carbonyl (C=O) groups excluding carboxylic acids is 1. The Labute approximate surface area is 151 Å². The zero-order valence-corrected chi connectivity index (χ0v) is 14.7. The Kier molecular flexibility index (Phi) is 5.48. The molecule has 0 aliphatic rings. The fourth-order valence-corrected chi connectivity index (χ4v) is 2.31. The second-order valence-electron chi connectivity index (χ2n) is 6.09. The van der Waals surface area contributed by atoms with E-state index in [4.69, 9.17) is 4.52 Å². The van der Waals surface area contributed by atoms with E-state index in [1.54, 1.807) is 0 Å². The molecule has 2 aromatic carbocycles. The smallest absolute Gasteiger partial charge is 0.319 e. The number of carbonyl (C=O) groups is 1. The molecule has 26 heavy (non-hydrogen) atoms. The number of urea groups is 1. The summed E-state index contributed by atoms with van der Waals surface area (Å²) in [5.41, 5.74) is 2.65. The molecule has 1 heterocycles. The van der Waals surface area contributed by atoms with E-state index in [2.05, 4.69) is 26.1 Å². The van der Waals surface area contributed by atoms with Gasteiger partial charge in [0.25, 0.3) is 11.8 Å². The van der Waals surface area contributed by atoms with Crippen LogP contribution >= 0.6 is 0 Å². The van der Waals surface area contributed by atoms with Crippen molar-refractivity contribution in [1.29, 1.82) is 0 Å². The van der Waals surface area contributed by atoms with Gasteiger partial charge in [0.1, 0.15) is 0 Å². The average Bonchev–Trinajstić information content (AvgIpc) is 3.10. The Morgan fingerprint density at radius 2 is 1.81 bits per heavy atom. The lowest BCUT2D eigenvalue weighted by Crippen LogP contribution is -2.34. The minimum atomic E-state index is -0.217. The summed E-state index contributed by atoms with van der Waals surface area (Å²) in [6, 6.07) is 17.0. The number of anilines is 2. The first-order chi connectivity index (χ1) is 12.6. The highest BCUT2D eigenvalue weighted by Gasteiger charge is 2.08. The van der Waals surface area contributed by atoms with Gasteiger partial charge in [-0.3, -0.25) is 0 Å². The predicted octanol–water partition coefficient (Wildman–Crippen LogP) is 3.88. The zero-order chi connectivity index (χ0) is 18.4. The summed E-state index contributed by atoms with van der Waals surface area (Å²) >= 11 is 0. The third-order valence-electron chi connectivity index (χ3n) is 3.53. The molecule has 3 aromatic rings. The fourth-order valence-electron chi connectivity index (χ4n) is 2.31. The molecule has 1 aromatic heterocycles. The molecule has 0 aliphatic heterocycles. The molecule has 2 amide bonds. The normalized spacial score (nSPS) is 10.6. The van der Waals surface area contributed by atoms with Crippen LogP contribution in [0.5, 0.6) is 0 Å². The third-order valence-corrected chi connectivity index (χ3v) is 3.53. The van der Waals surface area contributed by atoms with Crippen LogP contribution in [0.25, 0.3) is 11.5 Å². The maximum Gasteiger partial charge on any atom is 0.319 e. The van der Waals surface area contributed by atoms with Gasteiger partial charge in [0, 0.05) is 23.8 Å². The number of rotatable bonds is 6. The average molecular weight is 351 g/mol. The van der Waals surface area contributed by atoms with Gasteiger partial charge in [0.15, 0.2) is 0 Å². The van der Waals surface area contributed by atoms with Crippen LogP contribution in [0.15, 0.2) is 59.1 Å². The molecule has 0 fully saturated rings. The highest BCUT2D eigenvalue weighted by atomic mass is 16.5. The molecule has 7 heteroatoms.